The number of rotatable bonds is 6. The Morgan fingerprint density at radius 2 is 2.10 bits per heavy atom. The third-order valence-corrected chi connectivity index (χ3v) is 2.73. The molecule has 0 amide bonds. The lowest BCUT2D eigenvalue weighted by atomic mass is 10.1. The van der Waals surface area contributed by atoms with Crippen molar-refractivity contribution < 1.29 is 19.2 Å². The molecule has 0 aliphatic rings. The first-order valence-corrected chi connectivity index (χ1v) is 6.81. The number of nitro groups is 1. The zero-order chi connectivity index (χ0) is 15.3. The highest BCUT2D eigenvalue weighted by molar-refractivity contribution is 9.10. The summed E-state index contributed by atoms with van der Waals surface area (Å²) in [5.41, 5.74) is 0.194. The van der Waals surface area contributed by atoms with E-state index in [4.69, 9.17) is 9.47 Å². The van der Waals surface area contributed by atoms with Crippen molar-refractivity contribution in [3.8, 4) is 5.75 Å². The van der Waals surface area contributed by atoms with Crippen LogP contribution in [0.4, 0.5) is 5.69 Å². The predicted molar refractivity (Wildman–Crippen MR) is 77.1 cm³/mol. The molecular weight excluding hydrogens is 330 g/mol. The van der Waals surface area contributed by atoms with Crippen LogP contribution in [0.5, 0.6) is 5.75 Å². The summed E-state index contributed by atoms with van der Waals surface area (Å²) < 4.78 is 9.52. The van der Waals surface area contributed by atoms with Crippen LogP contribution >= 0.6 is 15.9 Å². The highest BCUT2D eigenvalue weighted by atomic mass is 79.9. The summed E-state index contributed by atoms with van der Waals surface area (Å²) in [6, 6.07) is 4.37. The maximum atomic E-state index is 11.7. The molecule has 1 aromatic carbocycles. The van der Waals surface area contributed by atoms with Crippen molar-refractivity contribution in [2.45, 2.75) is 31.7 Å². The SMILES string of the molecule is CCOc1ccc([N+](=O)[O-])c(COC(=O)C(C)(C)Br)c1. The second-order valence-electron chi connectivity index (χ2n) is 4.53. The van der Waals surface area contributed by atoms with E-state index in [0.717, 1.165) is 0 Å². The van der Waals surface area contributed by atoms with E-state index in [-0.39, 0.29) is 12.3 Å². The molecule has 0 saturated heterocycles. The zero-order valence-electron chi connectivity index (χ0n) is 11.5. The molecule has 0 aromatic heterocycles. The van der Waals surface area contributed by atoms with E-state index in [1.807, 2.05) is 6.92 Å². The molecule has 1 rings (SSSR count). The van der Waals surface area contributed by atoms with Crippen LogP contribution in [0, 0.1) is 10.1 Å². The average Bonchev–Trinajstić information content (AvgIpc) is 2.35. The molecule has 0 spiro atoms. The largest absolute Gasteiger partial charge is 0.494 e. The van der Waals surface area contributed by atoms with E-state index < -0.39 is 15.2 Å². The minimum Gasteiger partial charge on any atom is -0.494 e. The molecule has 0 heterocycles. The van der Waals surface area contributed by atoms with Crippen LogP contribution in [0.25, 0.3) is 0 Å². The van der Waals surface area contributed by atoms with Crippen molar-refractivity contribution >= 4 is 27.6 Å². The molecular formula is C13H16BrNO5. The second-order valence-corrected chi connectivity index (χ2v) is 6.51. The Morgan fingerprint density at radius 1 is 1.45 bits per heavy atom. The van der Waals surface area contributed by atoms with Gasteiger partial charge in [-0.1, -0.05) is 15.9 Å². The molecule has 0 fully saturated rings. The van der Waals surface area contributed by atoms with E-state index >= 15 is 0 Å². The van der Waals surface area contributed by atoms with Crippen molar-refractivity contribution in [3.05, 3.63) is 33.9 Å². The van der Waals surface area contributed by atoms with E-state index in [2.05, 4.69) is 15.9 Å². The van der Waals surface area contributed by atoms with Gasteiger partial charge in [-0.05, 0) is 32.9 Å². The minimum absolute atomic E-state index is 0.103. The van der Waals surface area contributed by atoms with E-state index in [1.54, 1.807) is 13.8 Å². The molecule has 0 unspecified atom stereocenters. The summed E-state index contributed by atoms with van der Waals surface area (Å²) in [4.78, 5) is 22.1. The fourth-order valence-electron chi connectivity index (χ4n) is 1.43. The van der Waals surface area contributed by atoms with Crippen molar-refractivity contribution in [2.24, 2.45) is 0 Å². The molecule has 0 N–H and O–H groups in total. The number of hydrogen-bond acceptors (Lipinski definition) is 5. The third-order valence-electron chi connectivity index (χ3n) is 2.40. The first-order valence-electron chi connectivity index (χ1n) is 6.02. The van der Waals surface area contributed by atoms with Gasteiger partial charge in [0.1, 0.15) is 16.7 Å². The van der Waals surface area contributed by atoms with Gasteiger partial charge in [0.25, 0.3) is 5.69 Å². The van der Waals surface area contributed by atoms with Crippen molar-refractivity contribution in [1.29, 1.82) is 0 Å². The van der Waals surface area contributed by atoms with Gasteiger partial charge in [0.05, 0.1) is 17.1 Å². The van der Waals surface area contributed by atoms with Gasteiger partial charge in [-0.25, -0.2) is 0 Å². The van der Waals surface area contributed by atoms with Crippen LogP contribution < -0.4 is 4.74 Å². The van der Waals surface area contributed by atoms with Crippen LogP contribution in [-0.4, -0.2) is 21.8 Å². The van der Waals surface area contributed by atoms with Gasteiger partial charge in [0.15, 0.2) is 0 Å². The minimum atomic E-state index is -0.834. The van der Waals surface area contributed by atoms with Crippen molar-refractivity contribution in [3.63, 3.8) is 0 Å². The number of carbonyl (C=O) groups excluding carboxylic acids is 1. The molecule has 110 valence electrons. The number of ether oxygens (including phenoxy) is 2. The van der Waals surface area contributed by atoms with Gasteiger partial charge in [0, 0.05) is 6.07 Å². The number of nitrogens with zero attached hydrogens (tertiary/aromatic N) is 1. The van der Waals surface area contributed by atoms with Gasteiger partial charge in [-0.3, -0.25) is 14.9 Å². The number of alkyl halides is 1. The summed E-state index contributed by atoms with van der Waals surface area (Å²) in [6.45, 7) is 5.37. The molecule has 1 aromatic rings. The molecule has 0 bridgehead atoms. The van der Waals surface area contributed by atoms with Gasteiger partial charge in [-0.15, -0.1) is 0 Å². The number of halogens is 1. The normalized spacial score (nSPS) is 11.0. The molecule has 0 atom stereocenters. The Hall–Kier alpha value is -1.63. The standard InChI is InChI=1S/C13H16BrNO5/c1-4-19-10-5-6-11(15(17)18)9(7-10)8-20-12(16)13(2,3)14/h5-7H,4,8H2,1-3H3. The van der Waals surface area contributed by atoms with Crippen molar-refractivity contribution in [1.82, 2.24) is 0 Å². The molecule has 0 saturated carbocycles. The fraction of sp³-hybridized carbons (Fsp3) is 0.462. The van der Waals surface area contributed by atoms with Crippen LogP contribution in [0.3, 0.4) is 0 Å². The van der Waals surface area contributed by atoms with Gasteiger partial charge >= 0.3 is 5.97 Å². The first kappa shape index (κ1) is 16.4. The average molecular weight is 346 g/mol. The first-order chi connectivity index (χ1) is 9.25. The van der Waals surface area contributed by atoms with E-state index in [0.29, 0.717) is 17.9 Å². The predicted octanol–water partition coefficient (Wildman–Crippen LogP) is 3.21. The molecule has 0 radical (unpaired) electrons. The maximum absolute atomic E-state index is 11.7. The van der Waals surface area contributed by atoms with Gasteiger partial charge < -0.3 is 9.47 Å². The lowest BCUT2D eigenvalue weighted by molar-refractivity contribution is -0.385. The number of benzene rings is 1. The van der Waals surface area contributed by atoms with Crippen LogP contribution in [-0.2, 0) is 16.1 Å². The van der Waals surface area contributed by atoms with Crippen LogP contribution in [0.15, 0.2) is 18.2 Å². The zero-order valence-corrected chi connectivity index (χ0v) is 13.1. The van der Waals surface area contributed by atoms with Crippen LogP contribution in [0.2, 0.25) is 0 Å². The monoisotopic (exact) mass is 345 g/mol. The lowest BCUT2D eigenvalue weighted by Gasteiger charge is -2.15. The molecule has 0 aliphatic carbocycles. The Kier molecular flexibility index (Phi) is 5.50. The second kappa shape index (κ2) is 6.69. The lowest BCUT2D eigenvalue weighted by Crippen LogP contribution is -2.26. The molecule has 6 nitrogen and oxygen atoms in total. The number of hydrogen-bond donors (Lipinski definition) is 0. The Balaban J connectivity index is 2.93. The highest BCUT2D eigenvalue weighted by Crippen LogP contribution is 2.26. The Bertz CT molecular complexity index is 510. The maximum Gasteiger partial charge on any atom is 0.322 e. The summed E-state index contributed by atoms with van der Waals surface area (Å²) in [6.07, 6.45) is 0. The van der Waals surface area contributed by atoms with Gasteiger partial charge in [-0.2, -0.15) is 0 Å². The van der Waals surface area contributed by atoms with Gasteiger partial charge in [0.2, 0.25) is 0 Å². The third kappa shape index (κ3) is 4.48. The number of esters is 1. The summed E-state index contributed by atoms with van der Waals surface area (Å²) in [7, 11) is 0. The molecule has 7 heteroatoms. The summed E-state index contributed by atoms with van der Waals surface area (Å²) >= 11 is 3.17. The van der Waals surface area contributed by atoms with E-state index in [9.17, 15) is 14.9 Å². The van der Waals surface area contributed by atoms with E-state index in [1.165, 1.54) is 18.2 Å². The Labute approximate surface area is 125 Å². The summed E-state index contributed by atoms with van der Waals surface area (Å²) in [5.74, 6) is 0.0101. The highest BCUT2D eigenvalue weighted by Gasteiger charge is 2.26. The number of carbonyl (C=O) groups is 1. The number of nitro benzene ring substituents is 1. The Morgan fingerprint density at radius 3 is 2.60 bits per heavy atom. The molecule has 0 aliphatic heterocycles. The quantitative estimate of drug-likeness (QED) is 0.342. The van der Waals surface area contributed by atoms with Crippen LogP contribution in [0.1, 0.15) is 26.3 Å². The summed E-state index contributed by atoms with van der Waals surface area (Å²) in [5, 5.41) is 10.9. The fourth-order valence-corrected chi connectivity index (χ4v) is 1.54. The molecule has 20 heavy (non-hydrogen) atoms. The van der Waals surface area contributed by atoms with Crippen molar-refractivity contribution in [2.75, 3.05) is 6.61 Å². The smallest absolute Gasteiger partial charge is 0.322 e. The topological polar surface area (TPSA) is 78.7 Å².